The molecule has 2 atom stereocenters. The predicted octanol–water partition coefficient (Wildman–Crippen LogP) is 6.40. The number of rotatable bonds is 11. The lowest BCUT2D eigenvalue weighted by molar-refractivity contribution is -0.138. The van der Waals surface area contributed by atoms with Crippen LogP contribution in [0.25, 0.3) is 0 Å². The molecule has 1 aliphatic carbocycles. The predicted molar refractivity (Wildman–Crippen MR) is 139 cm³/mol. The van der Waals surface area contributed by atoms with E-state index in [9.17, 15) is 15.0 Å². The Labute approximate surface area is 213 Å². The van der Waals surface area contributed by atoms with Gasteiger partial charge in [0.25, 0.3) is 0 Å². The first-order chi connectivity index (χ1) is 16.5. The van der Waals surface area contributed by atoms with Crippen molar-refractivity contribution in [3.8, 4) is 0 Å². The fourth-order valence-corrected chi connectivity index (χ4v) is 6.39. The Morgan fingerprint density at radius 3 is 2.54 bits per heavy atom. The molecule has 2 aromatic rings. The van der Waals surface area contributed by atoms with Gasteiger partial charge in [-0.15, -0.1) is 0 Å². The number of carboxylic acids is 1. The van der Waals surface area contributed by atoms with E-state index in [-0.39, 0.29) is 29.0 Å². The van der Waals surface area contributed by atoms with Crippen LogP contribution in [0.15, 0.2) is 48.5 Å². The van der Waals surface area contributed by atoms with Crippen molar-refractivity contribution in [2.75, 3.05) is 12.4 Å². The maximum Gasteiger partial charge on any atom is 0.303 e. The number of hydrogen-bond acceptors (Lipinski definition) is 5. The maximum absolute atomic E-state index is 11.4. The van der Waals surface area contributed by atoms with Crippen LogP contribution in [0.1, 0.15) is 87.2 Å². The van der Waals surface area contributed by atoms with Crippen LogP contribution in [-0.2, 0) is 26.3 Å². The van der Waals surface area contributed by atoms with Crippen molar-refractivity contribution in [1.82, 2.24) is 0 Å². The molecule has 35 heavy (non-hydrogen) atoms. The summed E-state index contributed by atoms with van der Waals surface area (Å²) in [6.45, 7) is 8.28. The second-order valence-electron chi connectivity index (χ2n) is 11.3. The van der Waals surface area contributed by atoms with Crippen LogP contribution in [0.3, 0.4) is 0 Å². The van der Waals surface area contributed by atoms with E-state index < -0.39 is 11.6 Å². The number of aliphatic carboxylic acids is 1. The topological polar surface area (TPSA) is 76.0 Å². The Hall–Kier alpha value is -1.86. The minimum atomic E-state index is -0.900. The minimum absolute atomic E-state index is 0.0704. The summed E-state index contributed by atoms with van der Waals surface area (Å²) in [6.07, 6.45) is 3.57. The van der Waals surface area contributed by atoms with E-state index in [2.05, 4.69) is 24.3 Å². The Morgan fingerprint density at radius 1 is 1.17 bits per heavy atom. The van der Waals surface area contributed by atoms with Gasteiger partial charge in [0, 0.05) is 16.6 Å². The molecule has 1 saturated heterocycles. The lowest BCUT2D eigenvalue weighted by Crippen LogP contribution is -2.21. The summed E-state index contributed by atoms with van der Waals surface area (Å²) < 4.78 is 12.0. The molecule has 5 nitrogen and oxygen atoms in total. The number of ether oxygens (including phenoxy) is 2. The zero-order chi connectivity index (χ0) is 25.3. The van der Waals surface area contributed by atoms with Gasteiger partial charge in [-0.05, 0) is 81.5 Å². The number of aliphatic hydroxyl groups is 1. The first-order valence-corrected chi connectivity index (χ1v) is 13.5. The van der Waals surface area contributed by atoms with Gasteiger partial charge in [0.05, 0.1) is 24.2 Å². The summed E-state index contributed by atoms with van der Waals surface area (Å²) in [6, 6.07) is 16.5. The van der Waals surface area contributed by atoms with Crippen LogP contribution in [-0.4, -0.2) is 34.1 Å². The summed E-state index contributed by atoms with van der Waals surface area (Å²) in [4.78, 5) is 11.4. The summed E-state index contributed by atoms with van der Waals surface area (Å²) in [5.41, 5.74) is 3.06. The molecular formula is C29H38O5S. The molecule has 1 saturated carbocycles. The molecule has 2 aromatic carbocycles. The van der Waals surface area contributed by atoms with Crippen LogP contribution >= 0.6 is 11.8 Å². The number of carbonyl (C=O) groups is 1. The molecular weight excluding hydrogens is 460 g/mol. The Kier molecular flexibility index (Phi) is 7.68. The fourth-order valence-electron chi connectivity index (χ4n) is 4.82. The monoisotopic (exact) mass is 498 g/mol. The van der Waals surface area contributed by atoms with Crippen LogP contribution in [0.2, 0.25) is 0 Å². The third-order valence-electron chi connectivity index (χ3n) is 6.99. The molecule has 1 unspecified atom stereocenters. The molecule has 2 aliphatic rings. The molecule has 0 radical (unpaired) electrons. The van der Waals surface area contributed by atoms with E-state index in [1.165, 1.54) is 5.56 Å². The van der Waals surface area contributed by atoms with Gasteiger partial charge >= 0.3 is 5.97 Å². The number of thioether (sulfide) groups is 1. The third kappa shape index (κ3) is 6.88. The molecule has 1 heterocycles. The van der Waals surface area contributed by atoms with Crippen molar-refractivity contribution >= 4 is 17.7 Å². The zero-order valence-electron chi connectivity index (χ0n) is 21.3. The summed E-state index contributed by atoms with van der Waals surface area (Å²) in [7, 11) is 0. The summed E-state index contributed by atoms with van der Waals surface area (Å²) in [5.74, 6) is 0.129. The van der Waals surface area contributed by atoms with Gasteiger partial charge in [-0.3, -0.25) is 4.79 Å². The largest absolute Gasteiger partial charge is 0.481 e. The molecule has 6 heteroatoms. The minimum Gasteiger partial charge on any atom is -0.481 e. The molecule has 0 spiro atoms. The Morgan fingerprint density at radius 2 is 1.91 bits per heavy atom. The maximum atomic E-state index is 11.4. The van der Waals surface area contributed by atoms with Crippen molar-refractivity contribution in [2.24, 2.45) is 5.41 Å². The van der Waals surface area contributed by atoms with E-state index in [1.807, 2.05) is 63.7 Å². The molecule has 2 N–H and O–H groups in total. The van der Waals surface area contributed by atoms with Gasteiger partial charge < -0.3 is 19.7 Å². The number of carboxylic acid groups (broad SMARTS) is 1. The molecule has 4 rings (SSSR count). The number of benzene rings is 2. The van der Waals surface area contributed by atoms with Gasteiger partial charge in [-0.1, -0.05) is 42.5 Å². The average molecular weight is 499 g/mol. The number of hydrogen-bond donors (Lipinski definition) is 2. The number of aryl methyl sites for hydroxylation is 1. The highest BCUT2D eigenvalue weighted by atomic mass is 32.2. The van der Waals surface area contributed by atoms with Crippen molar-refractivity contribution in [1.29, 1.82) is 0 Å². The van der Waals surface area contributed by atoms with Crippen LogP contribution < -0.4 is 0 Å². The molecule has 0 bridgehead atoms. The van der Waals surface area contributed by atoms with E-state index in [0.717, 1.165) is 48.1 Å². The smallest absolute Gasteiger partial charge is 0.303 e. The van der Waals surface area contributed by atoms with E-state index in [0.29, 0.717) is 6.61 Å². The van der Waals surface area contributed by atoms with Gasteiger partial charge in [-0.2, -0.15) is 11.8 Å². The first kappa shape index (κ1) is 26.2. The standard InChI is InChI=1S/C29H38O5S/c1-27(2)18-33-26(34-27)22-10-7-9-21(16-22)24(35-19-29(14-15-29)17-25(30)31)13-12-20-8-5-6-11-23(20)28(3,4)32/h5-11,16,24,26,32H,12-15,17-19H2,1-4H3,(H,30,31)/t24-,26?/m1/s1. The average Bonchev–Trinajstić information content (AvgIpc) is 3.44. The first-order valence-electron chi connectivity index (χ1n) is 12.5. The fraction of sp³-hybridized carbons (Fsp3) is 0.552. The highest BCUT2D eigenvalue weighted by Crippen LogP contribution is 2.53. The molecule has 190 valence electrons. The lowest BCUT2D eigenvalue weighted by Gasteiger charge is -2.25. The Bertz CT molecular complexity index is 1040. The van der Waals surface area contributed by atoms with Gasteiger partial charge in [0.1, 0.15) is 0 Å². The van der Waals surface area contributed by atoms with Crippen LogP contribution in [0.4, 0.5) is 0 Å². The van der Waals surface area contributed by atoms with Gasteiger partial charge in [0.2, 0.25) is 0 Å². The van der Waals surface area contributed by atoms with Crippen molar-refractivity contribution in [3.05, 3.63) is 70.8 Å². The summed E-state index contributed by atoms with van der Waals surface area (Å²) in [5, 5.41) is 20.2. The molecule has 1 aliphatic heterocycles. The van der Waals surface area contributed by atoms with Crippen molar-refractivity contribution in [2.45, 2.75) is 82.5 Å². The van der Waals surface area contributed by atoms with Gasteiger partial charge in [-0.25, -0.2) is 0 Å². The third-order valence-corrected chi connectivity index (χ3v) is 8.68. The SMILES string of the molecule is CC1(C)COC(c2cccc([C@@H](CCc3ccccc3C(C)(C)O)SCC3(CC(=O)O)CC3)c2)O1. The normalized spacial score (nSPS) is 21.6. The highest BCUT2D eigenvalue weighted by molar-refractivity contribution is 7.99. The van der Waals surface area contributed by atoms with Crippen LogP contribution in [0, 0.1) is 5.41 Å². The molecule has 2 fully saturated rings. The van der Waals surface area contributed by atoms with E-state index in [4.69, 9.17) is 9.47 Å². The van der Waals surface area contributed by atoms with E-state index in [1.54, 1.807) is 0 Å². The second kappa shape index (κ2) is 10.3. The van der Waals surface area contributed by atoms with Gasteiger partial charge in [0.15, 0.2) is 6.29 Å². The second-order valence-corrected chi connectivity index (χ2v) is 12.5. The molecule has 0 aromatic heterocycles. The van der Waals surface area contributed by atoms with Crippen molar-refractivity contribution < 1.29 is 24.5 Å². The van der Waals surface area contributed by atoms with Crippen molar-refractivity contribution in [3.63, 3.8) is 0 Å². The zero-order valence-corrected chi connectivity index (χ0v) is 22.1. The lowest BCUT2D eigenvalue weighted by atomic mass is 9.90. The summed E-state index contributed by atoms with van der Waals surface area (Å²) >= 11 is 1.86. The van der Waals surface area contributed by atoms with E-state index >= 15 is 0 Å². The molecule has 0 amide bonds. The highest BCUT2D eigenvalue weighted by Gasteiger charge is 2.44. The Balaban J connectivity index is 1.55. The quantitative estimate of drug-likeness (QED) is 0.373. The van der Waals surface area contributed by atoms with Crippen LogP contribution in [0.5, 0.6) is 0 Å².